The summed E-state index contributed by atoms with van der Waals surface area (Å²) in [5.74, 6) is -0.284. The Hall–Kier alpha value is -2.93. The Kier molecular flexibility index (Phi) is 5.71. The summed E-state index contributed by atoms with van der Waals surface area (Å²) in [6, 6.07) is 18.2. The van der Waals surface area contributed by atoms with E-state index in [9.17, 15) is 12.8 Å². The number of nitrogens with zero attached hydrogens (tertiary/aromatic N) is 2. The summed E-state index contributed by atoms with van der Waals surface area (Å²) in [6.07, 6.45) is 1.63. The van der Waals surface area contributed by atoms with Crippen LogP contribution in [0.4, 0.5) is 15.9 Å². The summed E-state index contributed by atoms with van der Waals surface area (Å²) in [4.78, 5) is 6.33. The van der Waals surface area contributed by atoms with Crippen molar-refractivity contribution in [3.8, 4) is 0 Å². The van der Waals surface area contributed by atoms with E-state index in [2.05, 4.69) is 26.7 Å². The monoisotopic (exact) mass is 385 g/mol. The first-order valence-electron chi connectivity index (χ1n) is 8.51. The molecule has 7 heteroatoms. The number of anilines is 2. The predicted octanol–water partition coefficient (Wildman–Crippen LogP) is 4.05. The lowest BCUT2D eigenvalue weighted by Crippen LogP contribution is -2.22. The summed E-state index contributed by atoms with van der Waals surface area (Å²) in [6.45, 7) is 3.57. The Balaban J connectivity index is 1.73. The van der Waals surface area contributed by atoms with Crippen LogP contribution in [-0.2, 0) is 16.6 Å². The fraction of sp³-hybridized carbons (Fsp3) is 0.150. The molecule has 0 aliphatic rings. The molecule has 0 fully saturated rings. The number of nitrogens with one attached hydrogen (secondary N) is 1. The largest absolute Gasteiger partial charge is 0.366 e. The van der Waals surface area contributed by atoms with Crippen LogP contribution in [0.25, 0.3) is 0 Å². The summed E-state index contributed by atoms with van der Waals surface area (Å²) >= 11 is 0. The van der Waals surface area contributed by atoms with Gasteiger partial charge in [-0.3, -0.25) is 4.72 Å². The molecule has 0 aliphatic heterocycles. The molecular formula is C20H20FN3O2S. The number of benzene rings is 2. The lowest BCUT2D eigenvalue weighted by Gasteiger charge is -2.23. The summed E-state index contributed by atoms with van der Waals surface area (Å²) in [5.41, 5.74) is 2.08. The zero-order chi connectivity index (χ0) is 19.3. The molecule has 0 saturated heterocycles. The van der Waals surface area contributed by atoms with Gasteiger partial charge in [0.1, 0.15) is 11.6 Å². The van der Waals surface area contributed by atoms with Crippen molar-refractivity contribution in [2.75, 3.05) is 16.2 Å². The van der Waals surface area contributed by atoms with E-state index in [1.807, 2.05) is 31.2 Å². The summed E-state index contributed by atoms with van der Waals surface area (Å²) in [7, 11) is -3.81. The minimum absolute atomic E-state index is 0.0194. The van der Waals surface area contributed by atoms with Gasteiger partial charge in [0.2, 0.25) is 0 Å². The lowest BCUT2D eigenvalue weighted by molar-refractivity contribution is 0.599. The fourth-order valence-electron chi connectivity index (χ4n) is 2.63. The second kappa shape index (κ2) is 8.18. The topological polar surface area (TPSA) is 62.3 Å². The van der Waals surface area contributed by atoms with Crippen LogP contribution in [0.3, 0.4) is 0 Å². The van der Waals surface area contributed by atoms with E-state index in [1.165, 1.54) is 17.7 Å². The van der Waals surface area contributed by atoms with E-state index in [0.29, 0.717) is 0 Å². The maximum Gasteiger partial charge on any atom is 0.263 e. The maximum absolute atomic E-state index is 13.0. The first-order chi connectivity index (χ1) is 13.0. The second-order valence-corrected chi connectivity index (χ2v) is 7.64. The van der Waals surface area contributed by atoms with Gasteiger partial charge in [0, 0.05) is 13.1 Å². The van der Waals surface area contributed by atoms with Crippen molar-refractivity contribution < 1.29 is 12.8 Å². The zero-order valence-electron chi connectivity index (χ0n) is 14.8. The molecule has 2 aromatic carbocycles. The van der Waals surface area contributed by atoms with E-state index < -0.39 is 15.8 Å². The van der Waals surface area contributed by atoms with E-state index in [0.717, 1.165) is 30.9 Å². The molecule has 0 radical (unpaired) electrons. The van der Waals surface area contributed by atoms with E-state index in [-0.39, 0.29) is 10.7 Å². The van der Waals surface area contributed by atoms with Crippen molar-refractivity contribution in [1.29, 1.82) is 0 Å². The summed E-state index contributed by atoms with van der Waals surface area (Å²) < 4.78 is 40.1. The van der Waals surface area contributed by atoms with Gasteiger partial charge in [-0.1, -0.05) is 30.3 Å². The molecule has 3 rings (SSSR count). The molecule has 0 aliphatic carbocycles. The normalized spacial score (nSPS) is 11.2. The average molecular weight is 385 g/mol. The Bertz CT molecular complexity index is 976. The lowest BCUT2D eigenvalue weighted by atomic mass is 10.2. The van der Waals surface area contributed by atoms with E-state index in [4.69, 9.17) is 0 Å². The van der Waals surface area contributed by atoms with Crippen LogP contribution in [0, 0.1) is 5.82 Å². The van der Waals surface area contributed by atoms with Crippen LogP contribution in [-0.4, -0.2) is 19.9 Å². The van der Waals surface area contributed by atoms with Crippen molar-refractivity contribution in [3.05, 3.63) is 84.3 Å². The quantitative estimate of drug-likeness (QED) is 0.667. The highest BCUT2D eigenvalue weighted by atomic mass is 32.2. The number of rotatable bonds is 7. The van der Waals surface area contributed by atoms with Crippen LogP contribution < -0.4 is 9.62 Å². The van der Waals surface area contributed by atoms with Gasteiger partial charge < -0.3 is 4.90 Å². The van der Waals surface area contributed by atoms with Crippen molar-refractivity contribution in [1.82, 2.24) is 4.98 Å². The van der Waals surface area contributed by atoms with Gasteiger partial charge >= 0.3 is 0 Å². The third-order valence-corrected chi connectivity index (χ3v) is 5.44. The van der Waals surface area contributed by atoms with E-state index >= 15 is 0 Å². The third kappa shape index (κ3) is 4.83. The smallest absolute Gasteiger partial charge is 0.263 e. The van der Waals surface area contributed by atoms with Crippen molar-refractivity contribution in [2.45, 2.75) is 18.4 Å². The predicted molar refractivity (Wildman–Crippen MR) is 105 cm³/mol. The van der Waals surface area contributed by atoms with Crippen molar-refractivity contribution in [3.63, 3.8) is 0 Å². The Morgan fingerprint density at radius 2 is 1.70 bits per heavy atom. The van der Waals surface area contributed by atoms with Gasteiger partial charge in [-0.2, -0.15) is 0 Å². The molecule has 0 unspecified atom stereocenters. The molecule has 0 amide bonds. The average Bonchev–Trinajstić information content (AvgIpc) is 2.68. The highest BCUT2D eigenvalue weighted by Crippen LogP contribution is 2.20. The van der Waals surface area contributed by atoms with Gasteiger partial charge in [-0.05, 0) is 48.9 Å². The molecule has 27 heavy (non-hydrogen) atoms. The maximum atomic E-state index is 13.0. The van der Waals surface area contributed by atoms with Gasteiger partial charge in [0.15, 0.2) is 0 Å². The Morgan fingerprint density at radius 1 is 1.00 bits per heavy atom. The number of pyridine rings is 1. The fourth-order valence-corrected chi connectivity index (χ4v) is 3.64. The van der Waals surface area contributed by atoms with Crippen molar-refractivity contribution in [2.24, 2.45) is 0 Å². The van der Waals surface area contributed by atoms with Gasteiger partial charge in [-0.15, -0.1) is 0 Å². The first kappa shape index (κ1) is 18.8. The van der Waals surface area contributed by atoms with E-state index in [1.54, 1.807) is 12.3 Å². The second-order valence-electron chi connectivity index (χ2n) is 5.96. The third-order valence-electron chi connectivity index (χ3n) is 4.07. The molecule has 0 bridgehead atoms. The highest BCUT2D eigenvalue weighted by Gasteiger charge is 2.15. The van der Waals surface area contributed by atoms with Crippen LogP contribution in [0.2, 0.25) is 0 Å². The number of aromatic nitrogens is 1. The Morgan fingerprint density at radius 3 is 2.30 bits per heavy atom. The van der Waals surface area contributed by atoms with Gasteiger partial charge in [0.25, 0.3) is 10.0 Å². The molecule has 0 spiro atoms. The molecular weight excluding hydrogens is 365 g/mol. The molecule has 1 heterocycles. The zero-order valence-corrected chi connectivity index (χ0v) is 15.7. The van der Waals surface area contributed by atoms with Crippen molar-refractivity contribution >= 4 is 21.5 Å². The number of halogens is 1. The number of hydrogen-bond donors (Lipinski definition) is 1. The van der Waals surface area contributed by atoms with Gasteiger partial charge in [-0.25, -0.2) is 17.8 Å². The van der Waals surface area contributed by atoms with Crippen LogP contribution in [0.5, 0.6) is 0 Å². The molecule has 1 N–H and O–H groups in total. The first-order valence-corrected chi connectivity index (χ1v) is 9.99. The standard InChI is InChI=1S/C20H20FN3O2S/c1-2-24(15-16-6-4-3-5-7-16)18-10-13-20(22-14-18)23-27(25,26)19-11-8-17(21)9-12-19/h3-14H,2,15H2,1H3,(H,22,23). The highest BCUT2D eigenvalue weighted by molar-refractivity contribution is 7.92. The van der Waals surface area contributed by atoms with Crippen LogP contribution >= 0.6 is 0 Å². The van der Waals surface area contributed by atoms with Crippen LogP contribution in [0.1, 0.15) is 12.5 Å². The molecule has 0 saturated carbocycles. The Labute approximate surface area is 158 Å². The molecule has 0 atom stereocenters. The summed E-state index contributed by atoms with van der Waals surface area (Å²) in [5, 5.41) is 0. The molecule has 3 aromatic rings. The van der Waals surface area contributed by atoms with Gasteiger partial charge in [0.05, 0.1) is 16.8 Å². The number of sulfonamides is 1. The number of hydrogen-bond acceptors (Lipinski definition) is 4. The van der Waals surface area contributed by atoms with Crippen LogP contribution in [0.15, 0.2) is 77.8 Å². The molecule has 5 nitrogen and oxygen atoms in total. The SMILES string of the molecule is CCN(Cc1ccccc1)c1ccc(NS(=O)(=O)c2ccc(F)cc2)nc1. The molecule has 1 aromatic heterocycles. The molecule has 140 valence electrons. The minimum atomic E-state index is -3.81. The minimum Gasteiger partial charge on any atom is -0.366 e.